The fourth-order valence-corrected chi connectivity index (χ4v) is 2.76. The minimum absolute atomic E-state index is 0.151. The van der Waals surface area contributed by atoms with Crippen LogP contribution >= 0.6 is 23.4 Å². The summed E-state index contributed by atoms with van der Waals surface area (Å²) in [5.74, 6) is 0. The second-order valence-corrected chi connectivity index (χ2v) is 5.74. The number of hydrogen-bond acceptors (Lipinski definition) is 4. The van der Waals surface area contributed by atoms with Gasteiger partial charge in [0.1, 0.15) is 0 Å². The number of aromatic amines is 1. The molecule has 2 aromatic rings. The zero-order chi connectivity index (χ0) is 14.4. The Balaban J connectivity index is 2.19. The largest absolute Gasteiger partial charge is 0.313 e. The third-order valence-electron chi connectivity index (χ3n) is 2.62. The first kappa shape index (κ1) is 15.1. The standard InChI is InChI=1S/C14H16ClN3OS/c1-2-6-16-9-10-8-11(15)3-4-12(10)20-14-17-7-5-13(19)18-14/h3-5,7-8,16H,2,6,9H2,1H3,(H,17,18,19). The highest BCUT2D eigenvalue weighted by Crippen LogP contribution is 2.29. The van der Waals surface area contributed by atoms with Crippen LogP contribution in [-0.4, -0.2) is 16.5 Å². The van der Waals surface area contributed by atoms with E-state index in [2.05, 4.69) is 22.2 Å². The molecule has 1 aromatic carbocycles. The Hall–Kier alpha value is -1.30. The number of benzene rings is 1. The fourth-order valence-electron chi connectivity index (χ4n) is 1.69. The maximum atomic E-state index is 11.3. The van der Waals surface area contributed by atoms with E-state index in [1.165, 1.54) is 24.0 Å². The first-order valence-corrected chi connectivity index (χ1v) is 7.61. The number of nitrogens with one attached hydrogen (secondary N) is 2. The van der Waals surface area contributed by atoms with Gasteiger partial charge in [0.15, 0.2) is 5.16 Å². The second kappa shape index (κ2) is 7.47. The number of rotatable bonds is 6. The third kappa shape index (κ3) is 4.37. The lowest BCUT2D eigenvalue weighted by Gasteiger charge is -2.10. The van der Waals surface area contributed by atoms with Crippen molar-refractivity contribution in [2.75, 3.05) is 6.54 Å². The molecule has 0 amide bonds. The maximum Gasteiger partial charge on any atom is 0.251 e. The predicted molar refractivity (Wildman–Crippen MR) is 82.4 cm³/mol. The summed E-state index contributed by atoms with van der Waals surface area (Å²) in [4.78, 5) is 19.2. The van der Waals surface area contributed by atoms with E-state index in [-0.39, 0.29) is 5.56 Å². The summed E-state index contributed by atoms with van der Waals surface area (Å²) in [7, 11) is 0. The van der Waals surface area contributed by atoms with Gasteiger partial charge in [-0.3, -0.25) is 4.79 Å². The van der Waals surface area contributed by atoms with Crippen LogP contribution in [0, 0.1) is 0 Å². The molecule has 20 heavy (non-hydrogen) atoms. The van der Waals surface area contributed by atoms with Crippen LogP contribution in [0.4, 0.5) is 0 Å². The fraction of sp³-hybridized carbons (Fsp3) is 0.286. The van der Waals surface area contributed by atoms with Gasteiger partial charge in [-0.1, -0.05) is 30.3 Å². The molecule has 0 fully saturated rings. The molecule has 0 aliphatic heterocycles. The van der Waals surface area contributed by atoms with Gasteiger partial charge in [-0.25, -0.2) is 4.98 Å². The molecule has 0 aliphatic carbocycles. The minimum Gasteiger partial charge on any atom is -0.313 e. The van der Waals surface area contributed by atoms with Crippen molar-refractivity contribution in [3.8, 4) is 0 Å². The lowest BCUT2D eigenvalue weighted by Crippen LogP contribution is -2.14. The molecule has 1 heterocycles. The van der Waals surface area contributed by atoms with Crippen LogP contribution in [0.25, 0.3) is 0 Å². The molecule has 0 saturated heterocycles. The van der Waals surface area contributed by atoms with Gasteiger partial charge < -0.3 is 10.3 Å². The molecule has 0 bridgehead atoms. The highest BCUT2D eigenvalue weighted by molar-refractivity contribution is 7.99. The molecule has 1 aromatic heterocycles. The molecule has 2 N–H and O–H groups in total. The summed E-state index contributed by atoms with van der Waals surface area (Å²) in [6.07, 6.45) is 2.59. The van der Waals surface area contributed by atoms with Crippen molar-refractivity contribution >= 4 is 23.4 Å². The zero-order valence-corrected chi connectivity index (χ0v) is 12.7. The quantitative estimate of drug-likeness (QED) is 0.636. The van der Waals surface area contributed by atoms with Crippen LogP contribution in [0.1, 0.15) is 18.9 Å². The molecule has 0 spiro atoms. The Morgan fingerprint density at radius 1 is 1.40 bits per heavy atom. The summed E-state index contributed by atoms with van der Waals surface area (Å²) in [5, 5.41) is 4.64. The molecule has 0 saturated carbocycles. The van der Waals surface area contributed by atoms with E-state index in [0.717, 1.165) is 30.0 Å². The Morgan fingerprint density at radius 2 is 2.25 bits per heavy atom. The smallest absolute Gasteiger partial charge is 0.251 e. The molecule has 4 nitrogen and oxygen atoms in total. The molecule has 6 heteroatoms. The number of hydrogen-bond donors (Lipinski definition) is 2. The molecular weight excluding hydrogens is 294 g/mol. The molecule has 0 atom stereocenters. The predicted octanol–water partition coefficient (Wildman–Crippen LogP) is 3.07. The Morgan fingerprint density at radius 3 is 3.00 bits per heavy atom. The van der Waals surface area contributed by atoms with Crippen LogP contribution < -0.4 is 10.9 Å². The summed E-state index contributed by atoms with van der Waals surface area (Å²) in [6.45, 7) is 3.82. The van der Waals surface area contributed by atoms with Crippen molar-refractivity contribution in [3.63, 3.8) is 0 Å². The van der Waals surface area contributed by atoms with Gasteiger partial charge in [0, 0.05) is 28.7 Å². The highest BCUT2D eigenvalue weighted by atomic mass is 35.5. The van der Waals surface area contributed by atoms with E-state index in [1.807, 2.05) is 18.2 Å². The van der Waals surface area contributed by atoms with Crippen LogP contribution in [0.3, 0.4) is 0 Å². The molecular formula is C14H16ClN3OS. The third-order valence-corrected chi connectivity index (χ3v) is 3.87. The van der Waals surface area contributed by atoms with E-state index < -0.39 is 0 Å². The van der Waals surface area contributed by atoms with Crippen molar-refractivity contribution < 1.29 is 0 Å². The van der Waals surface area contributed by atoms with Crippen LogP contribution in [0.2, 0.25) is 5.02 Å². The first-order chi connectivity index (χ1) is 9.69. The number of aromatic nitrogens is 2. The van der Waals surface area contributed by atoms with Gasteiger partial charge >= 0.3 is 0 Å². The Labute approximate surface area is 127 Å². The van der Waals surface area contributed by atoms with Crippen molar-refractivity contribution in [1.29, 1.82) is 0 Å². The van der Waals surface area contributed by atoms with E-state index >= 15 is 0 Å². The highest BCUT2D eigenvalue weighted by Gasteiger charge is 2.07. The summed E-state index contributed by atoms with van der Waals surface area (Å²) in [6, 6.07) is 7.13. The van der Waals surface area contributed by atoms with Crippen molar-refractivity contribution in [1.82, 2.24) is 15.3 Å². The van der Waals surface area contributed by atoms with E-state index in [1.54, 1.807) is 0 Å². The normalized spacial score (nSPS) is 10.7. The lowest BCUT2D eigenvalue weighted by atomic mass is 10.2. The van der Waals surface area contributed by atoms with E-state index in [9.17, 15) is 4.79 Å². The van der Waals surface area contributed by atoms with Gasteiger partial charge in [0.2, 0.25) is 0 Å². The van der Waals surface area contributed by atoms with Gasteiger partial charge in [0.05, 0.1) is 0 Å². The molecule has 2 rings (SSSR count). The average molecular weight is 310 g/mol. The van der Waals surface area contributed by atoms with Crippen molar-refractivity contribution in [2.24, 2.45) is 0 Å². The molecule has 106 valence electrons. The monoisotopic (exact) mass is 309 g/mol. The van der Waals surface area contributed by atoms with Crippen molar-refractivity contribution in [3.05, 3.63) is 51.4 Å². The molecule has 0 aliphatic rings. The molecule has 0 unspecified atom stereocenters. The zero-order valence-electron chi connectivity index (χ0n) is 11.1. The summed E-state index contributed by atoms with van der Waals surface area (Å²) in [5.41, 5.74) is 0.949. The van der Waals surface area contributed by atoms with Gasteiger partial charge in [-0.2, -0.15) is 0 Å². The van der Waals surface area contributed by atoms with Gasteiger partial charge in [-0.15, -0.1) is 0 Å². The average Bonchev–Trinajstić information content (AvgIpc) is 2.42. The van der Waals surface area contributed by atoms with E-state index in [0.29, 0.717) is 10.2 Å². The van der Waals surface area contributed by atoms with Crippen LogP contribution in [0.5, 0.6) is 0 Å². The lowest BCUT2D eigenvalue weighted by molar-refractivity contribution is 0.669. The molecule has 0 radical (unpaired) electrons. The maximum absolute atomic E-state index is 11.3. The van der Waals surface area contributed by atoms with Gasteiger partial charge in [-0.05, 0) is 36.7 Å². The number of H-pyrrole nitrogens is 1. The second-order valence-electron chi connectivity index (χ2n) is 4.27. The first-order valence-electron chi connectivity index (χ1n) is 6.41. The van der Waals surface area contributed by atoms with Crippen molar-refractivity contribution in [2.45, 2.75) is 29.9 Å². The SMILES string of the molecule is CCCNCc1cc(Cl)ccc1Sc1nccc(=O)[nH]1. The topological polar surface area (TPSA) is 57.8 Å². The van der Waals surface area contributed by atoms with Gasteiger partial charge in [0.25, 0.3) is 5.56 Å². The summed E-state index contributed by atoms with van der Waals surface area (Å²) < 4.78 is 0. The summed E-state index contributed by atoms with van der Waals surface area (Å²) >= 11 is 7.48. The number of nitrogens with zero attached hydrogens (tertiary/aromatic N) is 1. The minimum atomic E-state index is -0.151. The Kier molecular flexibility index (Phi) is 5.64. The number of halogens is 1. The van der Waals surface area contributed by atoms with Crippen LogP contribution in [0.15, 0.2) is 45.3 Å². The van der Waals surface area contributed by atoms with Crippen LogP contribution in [-0.2, 0) is 6.54 Å². The Bertz CT molecular complexity index is 630. The van der Waals surface area contributed by atoms with E-state index in [4.69, 9.17) is 11.6 Å².